The van der Waals surface area contributed by atoms with Crippen molar-refractivity contribution in [2.24, 2.45) is 5.16 Å². The molecule has 0 unspecified atom stereocenters. The van der Waals surface area contributed by atoms with E-state index in [-0.39, 0.29) is 0 Å². The summed E-state index contributed by atoms with van der Waals surface area (Å²) in [6.07, 6.45) is 2.56. The Morgan fingerprint density at radius 3 is 2.52 bits per heavy atom. The summed E-state index contributed by atoms with van der Waals surface area (Å²) in [5, 5.41) is 37.9. The van der Waals surface area contributed by atoms with Gasteiger partial charge >= 0.3 is 0 Å². The van der Waals surface area contributed by atoms with Crippen LogP contribution in [0.5, 0.6) is 0 Å². The highest BCUT2D eigenvalue weighted by molar-refractivity contribution is 9.10. The van der Waals surface area contributed by atoms with Crippen LogP contribution in [0.2, 0.25) is 0 Å². The van der Waals surface area contributed by atoms with Crippen molar-refractivity contribution < 1.29 is 15.2 Å². The first-order valence-electron chi connectivity index (χ1n) is 7.67. The number of hydrogen-bond donors (Lipinski definition) is 2. The zero-order valence-corrected chi connectivity index (χ0v) is 14.7. The average molecular weight is 382 g/mol. The molecule has 1 spiro atoms. The normalized spacial score (nSPS) is 29.7. The standard InChI is InChI=1S/C16H20BrN3O3/c1-15(2)14(11-6-8-12(17)9-7-11)19(22)16(20(15)23)10-4-3-5-13(16)18-21/h6-9,21,23H,3-5,10H2,1-2H3/b18-13-/t16-/m0/s1. The van der Waals surface area contributed by atoms with Crippen LogP contribution in [0, 0.1) is 5.21 Å². The van der Waals surface area contributed by atoms with Gasteiger partial charge in [0.2, 0.25) is 5.71 Å². The van der Waals surface area contributed by atoms with Crippen LogP contribution in [0.25, 0.3) is 0 Å². The highest BCUT2D eigenvalue weighted by Crippen LogP contribution is 2.42. The van der Waals surface area contributed by atoms with Gasteiger partial charge in [0.15, 0.2) is 0 Å². The Morgan fingerprint density at radius 2 is 1.91 bits per heavy atom. The number of halogens is 1. The van der Waals surface area contributed by atoms with Crippen LogP contribution in [0.4, 0.5) is 0 Å². The van der Waals surface area contributed by atoms with Crippen LogP contribution in [0.15, 0.2) is 33.9 Å². The Labute approximate surface area is 143 Å². The van der Waals surface area contributed by atoms with Gasteiger partial charge in [0.1, 0.15) is 11.3 Å². The van der Waals surface area contributed by atoms with Gasteiger partial charge in [-0.2, -0.15) is 4.74 Å². The molecule has 0 radical (unpaired) electrons. The Bertz CT molecular complexity index is 684. The van der Waals surface area contributed by atoms with E-state index in [0.717, 1.165) is 32.7 Å². The first-order valence-corrected chi connectivity index (χ1v) is 8.46. The largest absolute Gasteiger partial charge is 0.622 e. The van der Waals surface area contributed by atoms with Gasteiger partial charge in [-0.05, 0) is 57.4 Å². The van der Waals surface area contributed by atoms with Gasteiger partial charge < -0.3 is 15.6 Å². The number of nitrogens with zero attached hydrogens (tertiary/aromatic N) is 3. The highest BCUT2D eigenvalue weighted by atomic mass is 79.9. The van der Waals surface area contributed by atoms with E-state index >= 15 is 0 Å². The molecule has 1 aromatic carbocycles. The van der Waals surface area contributed by atoms with Crippen LogP contribution in [-0.4, -0.2) is 42.8 Å². The quantitative estimate of drug-likeness (QED) is 0.338. The van der Waals surface area contributed by atoms with Gasteiger partial charge in [0.05, 0.1) is 0 Å². The fourth-order valence-electron chi connectivity index (χ4n) is 3.75. The molecule has 1 aromatic rings. The van der Waals surface area contributed by atoms with E-state index in [0.29, 0.717) is 24.3 Å². The van der Waals surface area contributed by atoms with Crippen molar-refractivity contribution in [2.45, 2.75) is 50.7 Å². The Kier molecular flexibility index (Phi) is 3.98. The van der Waals surface area contributed by atoms with Gasteiger partial charge in [-0.3, -0.25) is 0 Å². The van der Waals surface area contributed by atoms with E-state index in [2.05, 4.69) is 21.1 Å². The Morgan fingerprint density at radius 1 is 1.26 bits per heavy atom. The third-order valence-corrected chi connectivity index (χ3v) is 5.42. The molecular formula is C16H20BrN3O3. The minimum atomic E-state index is -1.32. The van der Waals surface area contributed by atoms with Gasteiger partial charge in [-0.25, -0.2) is 0 Å². The fourth-order valence-corrected chi connectivity index (χ4v) is 4.01. The number of benzene rings is 1. The summed E-state index contributed by atoms with van der Waals surface area (Å²) < 4.78 is 1.76. The van der Waals surface area contributed by atoms with Crippen molar-refractivity contribution in [2.75, 3.05) is 0 Å². The first kappa shape index (κ1) is 16.4. The monoisotopic (exact) mass is 381 g/mol. The lowest BCUT2D eigenvalue weighted by atomic mass is 9.86. The van der Waals surface area contributed by atoms with Crippen molar-refractivity contribution in [3.8, 4) is 0 Å². The molecule has 2 aliphatic rings. The molecule has 124 valence electrons. The maximum Gasteiger partial charge on any atom is 0.293 e. The SMILES string of the molecule is CC1(C)C(c2ccc(Br)cc2)=[N+]([O-])[C@@]2(CCCC/C2=N/O)N1O. The molecule has 1 fully saturated rings. The van der Waals surface area contributed by atoms with Gasteiger partial charge in [0, 0.05) is 16.5 Å². The molecule has 0 amide bonds. The van der Waals surface area contributed by atoms with Gasteiger partial charge in [0.25, 0.3) is 5.66 Å². The molecule has 1 atom stereocenters. The molecule has 23 heavy (non-hydrogen) atoms. The topological polar surface area (TPSA) is 82.1 Å². The molecule has 0 saturated heterocycles. The minimum absolute atomic E-state index is 0.321. The molecule has 0 bridgehead atoms. The minimum Gasteiger partial charge on any atom is -0.622 e. The van der Waals surface area contributed by atoms with Crippen LogP contribution < -0.4 is 0 Å². The fraction of sp³-hybridized carbons (Fsp3) is 0.500. The second-order valence-corrected chi connectivity index (χ2v) is 7.51. The van der Waals surface area contributed by atoms with E-state index in [9.17, 15) is 15.6 Å². The molecule has 0 aromatic heterocycles. The summed E-state index contributed by atoms with van der Waals surface area (Å²) in [7, 11) is 0. The molecule has 2 N–H and O–H groups in total. The first-order chi connectivity index (χ1) is 10.9. The molecular weight excluding hydrogens is 362 g/mol. The summed E-state index contributed by atoms with van der Waals surface area (Å²) in [4.78, 5) is 0. The summed E-state index contributed by atoms with van der Waals surface area (Å²) in [5.41, 5.74) is -0.689. The van der Waals surface area contributed by atoms with Crippen LogP contribution in [0.1, 0.15) is 45.1 Å². The predicted octanol–water partition coefficient (Wildman–Crippen LogP) is 3.33. The number of hydrogen-bond acceptors (Lipinski definition) is 5. The van der Waals surface area contributed by atoms with Crippen molar-refractivity contribution in [1.29, 1.82) is 0 Å². The molecule has 6 nitrogen and oxygen atoms in total. The van der Waals surface area contributed by atoms with Crippen LogP contribution in [0.3, 0.4) is 0 Å². The van der Waals surface area contributed by atoms with Crippen molar-refractivity contribution in [1.82, 2.24) is 5.06 Å². The molecule has 7 heteroatoms. The van der Waals surface area contributed by atoms with E-state index in [1.165, 1.54) is 0 Å². The van der Waals surface area contributed by atoms with Crippen molar-refractivity contribution in [3.05, 3.63) is 39.5 Å². The molecule has 1 aliphatic carbocycles. The molecule has 1 heterocycles. The number of hydroxylamine groups is 3. The van der Waals surface area contributed by atoms with Gasteiger partial charge in [-0.1, -0.05) is 21.1 Å². The zero-order chi connectivity index (χ0) is 16.8. The van der Waals surface area contributed by atoms with Crippen LogP contribution in [-0.2, 0) is 0 Å². The number of oxime groups is 1. The van der Waals surface area contributed by atoms with Crippen molar-refractivity contribution >= 4 is 27.4 Å². The Hall–Kier alpha value is -1.44. The highest BCUT2D eigenvalue weighted by Gasteiger charge is 2.65. The second kappa shape index (κ2) is 5.58. The van der Waals surface area contributed by atoms with E-state index in [4.69, 9.17) is 0 Å². The summed E-state index contributed by atoms with van der Waals surface area (Å²) in [5.74, 6) is 0. The van der Waals surface area contributed by atoms with Gasteiger partial charge in [-0.15, -0.1) is 5.06 Å². The smallest absolute Gasteiger partial charge is 0.293 e. The Balaban J connectivity index is 2.22. The third-order valence-electron chi connectivity index (χ3n) is 4.89. The summed E-state index contributed by atoms with van der Waals surface area (Å²) in [6.45, 7) is 3.60. The lowest BCUT2D eigenvalue weighted by molar-refractivity contribution is -0.568. The molecule has 1 saturated carbocycles. The van der Waals surface area contributed by atoms with E-state index < -0.39 is 11.2 Å². The maximum absolute atomic E-state index is 13.2. The van der Waals surface area contributed by atoms with E-state index in [1.807, 2.05) is 24.3 Å². The average Bonchev–Trinajstić information content (AvgIpc) is 2.68. The molecule has 1 aliphatic heterocycles. The lowest BCUT2D eigenvalue weighted by Crippen LogP contribution is -2.60. The van der Waals surface area contributed by atoms with E-state index in [1.54, 1.807) is 13.8 Å². The lowest BCUT2D eigenvalue weighted by Gasteiger charge is -2.38. The number of rotatable bonds is 1. The summed E-state index contributed by atoms with van der Waals surface area (Å²) >= 11 is 3.39. The third kappa shape index (κ3) is 2.21. The van der Waals surface area contributed by atoms with Crippen molar-refractivity contribution in [3.63, 3.8) is 0 Å². The molecule has 3 rings (SSSR count). The van der Waals surface area contributed by atoms with Crippen LogP contribution >= 0.6 is 15.9 Å². The predicted molar refractivity (Wildman–Crippen MR) is 90.0 cm³/mol. The maximum atomic E-state index is 13.2. The second-order valence-electron chi connectivity index (χ2n) is 6.59. The summed E-state index contributed by atoms with van der Waals surface area (Å²) in [6, 6.07) is 7.41. The zero-order valence-electron chi connectivity index (χ0n) is 13.2.